The zero-order valence-corrected chi connectivity index (χ0v) is 15.3. The average Bonchev–Trinajstić information content (AvgIpc) is 2.66. The first-order valence-electron chi connectivity index (χ1n) is 9.08. The van der Waals surface area contributed by atoms with E-state index in [1.807, 2.05) is 54.6 Å². The van der Waals surface area contributed by atoms with Gasteiger partial charge in [0.25, 0.3) is 0 Å². The molecular formula is C23H25NO2. The Balaban J connectivity index is 1.75. The van der Waals surface area contributed by atoms with Gasteiger partial charge in [-0.25, -0.2) is 4.79 Å². The SMILES string of the molecule is CC(C)CC(Nc1cccc2ccccc12)C(=O)OCc1ccccc1. The maximum Gasteiger partial charge on any atom is 0.328 e. The summed E-state index contributed by atoms with van der Waals surface area (Å²) >= 11 is 0. The standard InChI is InChI=1S/C23H25NO2/c1-17(2)15-22(23(25)26-16-18-9-4-3-5-10-18)24-21-14-8-12-19-11-6-7-13-20(19)21/h3-14,17,22,24H,15-16H2,1-2H3. The van der Waals surface area contributed by atoms with E-state index in [0.29, 0.717) is 12.5 Å². The fourth-order valence-electron chi connectivity index (χ4n) is 3.05. The van der Waals surface area contributed by atoms with E-state index in [2.05, 4.69) is 37.4 Å². The van der Waals surface area contributed by atoms with Crippen LogP contribution in [0.25, 0.3) is 10.8 Å². The highest BCUT2D eigenvalue weighted by molar-refractivity contribution is 5.95. The quantitative estimate of drug-likeness (QED) is 0.581. The predicted octanol–water partition coefficient (Wildman–Crippen LogP) is 5.41. The lowest BCUT2D eigenvalue weighted by atomic mass is 10.0. The number of carbonyl (C=O) groups excluding carboxylic acids is 1. The number of nitrogens with one attached hydrogen (secondary N) is 1. The summed E-state index contributed by atoms with van der Waals surface area (Å²) in [5.41, 5.74) is 1.96. The molecule has 0 amide bonds. The lowest BCUT2D eigenvalue weighted by molar-refractivity contribution is -0.146. The van der Waals surface area contributed by atoms with Crippen molar-refractivity contribution in [3.05, 3.63) is 78.4 Å². The number of fused-ring (bicyclic) bond motifs is 1. The van der Waals surface area contributed by atoms with Crippen LogP contribution in [0.15, 0.2) is 72.8 Å². The minimum atomic E-state index is -0.371. The van der Waals surface area contributed by atoms with Crippen LogP contribution in [-0.4, -0.2) is 12.0 Å². The smallest absolute Gasteiger partial charge is 0.328 e. The first-order valence-corrected chi connectivity index (χ1v) is 9.08. The fourth-order valence-corrected chi connectivity index (χ4v) is 3.05. The van der Waals surface area contributed by atoms with Gasteiger partial charge in [0.1, 0.15) is 12.6 Å². The number of hydrogen-bond acceptors (Lipinski definition) is 3. The van der Waals surface area contributed by atoms with Gasteiger partial charge in [0.05, 0.1) is 0 Å². The summed E-state index contributed by atoms with van der Waals surface area (Å²) in [5, 5.41) is 5.68. The summed E-state index contributed by atoms with van der Waals surface area (Å²) in [4.78, 5) is 12.7. The van der Waals surface area contributed by atoms with E-state index in [-0.39, 0.29) is 12.0 Å². The van der Waals surface area contributed by atoms with Crippen LogP contribution in [0.4, 0.5) is 5.69 Å². The van der Waals surface area contributed by atoms with Crippen molar-refractivity contribution in [2.24, 2.45) is 5.92 Å². The summed E-state index contributed by atoms with van der Waals surface area (Å²) in [6.07, 6.45) is 0.719. The molecule has 1 N–H and O–H groups in total. The van der Waals surface area contributed by atoms with Crippen molar-refractivity contribution < 1.29 is 9.53 Å². The molecule has 3 nitrogen and oxygen atoms in total. The second-order valence-electron chi connectivity index (χ2n) is 6.95. The van der Waals surface area contributed by atoms with Crippen LogP contribution < -0.4 is 5.32 Å². The van der Waals surface area contributed by atoms with E-state index < -0.39 is 0 Å². The summed E-state index contributed by atoms with van der Waals surface area (Å²) < 4.78 is 5.57. The van der Waals surface area contributed by atoms with Crippen molar-refractivity contribution in [3.63, 3.8) is 0 Å². The lowest BCUT2D eigenvalue weighted by Gasteiger charge is -2.21. The van der Waals surface area contributed by atoms with Crippen molar-refractivity contribution in [1.29, 1.82) is 0 Å². The number of carbonyl (C=O) groups is 1. The molecule has 1 unspecified atom stereocenters. The van der Waals surface area contributed by atoms with Gasteiger partial charge in [0, 0.05) is 11.1 Å². The number of anilines is 1. The van der Waals surface area contributed by atoms with E-state index in [1.54, 1.807) is 0 Å². The molecule has 0 bridgehead atoms. The first kappa shape index (κ1) is 18.0. The van der Waals surface area contributed by atoms with Crippen molar-refractivity contribution in [2.45, 2.75) is 32.9 Å². The van der Waals surface area contributed by atoms with Gasteiger partial charge in [-0.2, -0.15) is 0 Å². The minimum Gasteiger partial charge on any atom is -0.459 e. The zero-order chi connectivity index (χ0) is 18.4. The van der Waals surface area contributed by atoms with E-state index in [1.165, 1.54) is 0 Å². The molecule has 134 valence electrons. The van der Waals surface area contributed by atoms with Gasteiger partial charge in [0.15, 0.2) is 0 Å². The Morgan fingerprint density at radius 3 is 2.38 bits per heavy atom. The Morgan fingerprint density at radius 1 is 0.923 bits per heavy atom. The topological polar surface area (TPSA) is 38.3 Å². The molecular weight excluding hydrogens is 322 g/mol. The monoisotopic (exact) mass is 347 g/mol. The molecule has 0 heterocycles. The van der Waals surface area contributed by atoms with Crippen LogP contribution >= 0.6 is 0 Å². The van der Waals surface area contributed by atoms with Crippen LogP contribution in [0.2, 0.25) is 0 Å². The third kappa shape index (κ3) is 4.63. The number of ether oxygens (including phenoxy) is 1. The van der Waals surface area contributed by atoms with Crippen LogP contribution in [0, 0.1) is 5.92 Å². The number of rotatable bonds is 7. The third-order valence-corrected chi connectivity index (χ3v) is 4.33. The van der Waals surface area contributed by atoms with Gasteiger partial charge in [0.2, 0.25) is 0 Å². The Kier molecular flexibility index (Phi) is 5.90. The van der Waals surface area contributed by atoms with Gasteiger partial charge in [-0.1, -0.05) is 80.6 Å². The molecule has 0 saturated heterocycles. The van der Waals surface area contributed by atoms with Gasteiger partial charge < -0.3 is 10.1 Å². The summed E-state index contributed by atoms with van der Waals surface area (Å²) in [6, 6.07) is 23.7. The van der Waals surface area contributed by atoms with Crippen molar-refractivity contribution >= 4 is 22.4 Å². The minimum absolute atomic E-state index is 0.213. The van der Waals surface area contributed by atoms with Crippen LogP contribution in [0.5, 0.6) is 0 Å². The maximum atomic E-state index is 12.7. The summed E-state index contributed by atoms with van der Waals surface area (Å²) in [5.74, 6) is 0.169. The molecule has 3 aromatic rings. The highest BCUT2D eigenvalue weighted by Gasteiger charge is 2.22. The molecule has 3 aromatic carbocycles. The van der Waals surface area contributed by atoms with Crippen molar-refractivity contribution in [2.75, 3.05) is 5.32 Å². The van der Waals surface area contributed by atoms with Crippen LogP contribution in [0.3, 0.4) is 0 Å². The number of benzene rings is 3. The van der Waals surface area contributed by atoms with Gasteiger partial charge in [-0.3, -0.25) is 0 Å². The normalized spacial score (nSPS) is 12.1. The number of hydrogen-bond donors (Lipinski definition) is 1. The molecule has 0 aromatic heterocycles. The maximum absolute atomic E-state index is 12.7. The largest absolute Gasteiger partial charge is 0.459 e. The zero-order valence-electron chi connectivity index (χ0n) is 15.3. The lowest BCUT2D eigenvalue weighted by Crippen LogP contribution is -2.32. The molecule has 0 aliphatic heterocycles. The fraction of sp³-hybridized carbons (Fsp3) is 0.261. The van der Waals surface area contributed by atoms with Crippen molar-refractivity contribution in [3.8, 4) is 0 Å². The van der Waals surface area contributed by atoms with E-state index in [0.717, 1.165) is 28.4 Å². The second kappa shape index (κ2) is 8.52. The third-order valence-electron chi connectivity index (χ3n) is 4.33. The summed E-state index contributed by atoms with van der Waals surface area (Å²) in [6.45, 7) is 4.52. The molecule has 0 aliphatic carbocycles. The van der Waals surface area contributed by atoms with Crippen molar-refractivity contribution in [1.82, 2.24) is 0 Å². The molecule has 26 heavy (non-hydrogen) atoms. The number of esters is 1. The summed E-state index contributed by atoms with van der Waals surface area (Å²) in [7, 11) is 0. The molecule has 1 atom stereocenters. The van der Waals surface area contributed by atoms with Gasteiger partial charge in [-0.15, -0.1) is 0 Å². The van der Waals surface area contributed by atoms with Crippen LogP contribution in [-0.2, 0) is 16.1 Å². The highest BCUT2D eigenvalue weighted by Crippen LogP contribution is 2.25. The Hall–Kier alpha value is -2.81. The molecule has 0 fully saturated rings. The Morgan fingerprint density at radius 2 is 1.62 bits per heavy atom. The second-order valence-corrected chi connectivity index (χ2v) is 6.95. The van der Waals surface area contributed by atoms with E-state index in [9.17, 15) is 4.79 Å². The molecule has 3 heteroatoms. The van der Waals surface area contributed by atoms with Gasteiger partial charge >= 0.3 is 5.97 Å². The van der Waals surface area contributed by atoms with E-state index in [4.69, 9.17) is 4.74 Å². The molecule has 3 rings (SSSR count). The van der Waals surface area contributed by atoms with E-state index >= 15 is 0 Å². The molecule has 0 radical (unpaired) electrons. The van der Waals surface area contributed by atoms with Gasteiger partial charge in [-0.05, 0) is 29.4 Å². The van der Waals surface area contributed by atoms with Crippen LogP contribution in [0.1, 0.15) is 25.8 Å². The molecule has 0 saturated carbocycles. The molecule has 0 aliphatic rings. The Labute approximate surface area is 155 Å². The first-order chi connectivity index (χ1) is 12.6. The average molecular weight is 347 g/mol. The highest BCUT2D eigenvalue weighted by atomic mass is 16.5. The molecule has 0 spiro atoms. The predicted molar refractivity (Wildman–Crippen MR) is 107 cm³/mol. The Bertz CT molecular complexity index is 853.